The van der Waals surface area contributed by atoms with Crippen molar-refractivity contribution in [2.45, 2.75) is 47.0 Å². The maximum atomic E-state index is 10.1. The van der Waals surface area contributed by atoms with Gasteiger partial charge in [-0.2, -0.15) is 0 Å². The Kier molecular flexibility index (Phi) is 6.93. The summed E-state index contributed by atoms with van der Waals surface area (Å²) in [4.78, 5) is 17.8. The Bertz CT molecular complexity index is 355. The van der Waals surface area contributed by atoms with Crippen molar-refractivity contribution in [3.8, 4) is 0 Å². The van der Waals surface area contributed by atoms with Gasteiger partial charge in [-0.15, -0.1) is 0 Å². The maximum absolute atomic E-state index is 10.1. The molecule has 5 nitrogen and oxygen atoms in total. The zero-order valence-electron chi connectivity index (χ0n) is 11.6. The molecule has 1 rings (SSSR count). The minimum Gasteiger partial charge on any atom is -0.481 e. The Hall–Kier alpha value is -1.65. The van der Waals surface area contributed by atoms with Crippen LogP contribution in [-0.4, -0.2) is 21.0 Å². The third-order valence-corrected chi connectivity index (χ3v) is 2.11. The lowest BCUT2D eigenvalue weighted by Gasteiger charge is -2.16. The number of carboxylic acid groups (broad SMARTS) is 1. The fraction of sp³-hybridized carbons (Fsp3) is 0.615. The van der Waals surface area contributed by atoms with Crippen LogP contribution in [0.1, 0.15) is 45.9 Å². The number of carboxylic acids is 1. The summed E-state index contributed by atoms with van der Waals surface area (Å²) in [6.45, 7) is 8.16. The number of aromatic nitrogens is 2. The molecule has 0 saturated carbocycles. The molecule has 0 aliphatic carbocycles. The van der Waals surface area contributed by atoms with Crippen molar-refractivity contribution in [3.05, 3.63) is 18.1 Å². The lowest BCUT2D eigenvalue weighted by molar-refractivity contribution is -0.137. The number of nitrogens with zero attached hydrogens (tertiary/aromatic N) is 2. The molecule has 18 heavy (non-hydrogen) atoms. The minimum atomic E-state index is -0.691. The molecule has 0 aliphatic heterocycles. The highest BCUT2D eigenvalue weighted by molar-refractivity contribution is 5.66. The van der Waals surface area contributed by atoms with Crippen LogP contribution in [0.15, 0.2) is 12.3 Å². The molecule has 1 heterocycles. The van der Waals surface area contributed by atoms with Gasteiger partial charge in [-0.25, -0.2) is 9.97 Å². The van der Waals surface area contributed by atoms with Gasteiger partial charge in [-0.05, 0) is 31.2 Å². The van der Waals surface area contributed by atoms with E-state index in [0.717, 1.165) is 12.8 Å². The van der Waals surface area contributed by atoms with Gasteiger partial charge in [-0.1, -0.05) is 20.8 Å². The van der Waals surface area contributed by atoms with Crippen LogP contribution in [-0.2, 0) is 4.79 Å². The van der Waals surface area contributed by atoms with Crippen molar-refractivity contribution < 1.29 is 9.90 Å². The van der Waals surface area contributed by atoms with E-state index in [0.29, 0.717) is 18.1 Å². The number of carbonyl (C=O) groups is 1. The summed E-state index contributed by atoms with van der Waals surface area (Å²) in [5, 5.41) is 8.31. The molecule has 0 spiro atoms. The van der Waals surface area contributed by atoms with Gasteiger partial charge in [0.15, 0.2) is 0 Å². The summed E-state index contributed by atoms with van der Waals surface area (Å²) >= 11 is 0. The van der Waals surface area contributed by atoms with E-state index in [2.05, 4.69) is 30.7 Å². The number of hydrogen-bond acceptors (Lipinski definition) is 4. The van der Waals surface area contributed by atoms with E-state index in [1.165, 1.54) is 0 Å². The smallest absolute Gasteiger partial charge is 0.303 e. The molecule has 1 aromatic rings. The summed E-state index contributed by atoms with van der Waals surface area (Å²) in [7, 11) is 0. The third-order valence-electron chi connectivity index (χ3n) is 2.11. The second-order valence-corrected chi connectivity index (χ2v) is 5.34. The fourth-order valence-corrected chi connectivity index (χ4v) is 1.24. The van der Waals surface area contributed by atoms with E-state index in [1.54, 1.807) is 19.2 Å². The molecule has 1 aromatic heterocycles. The maximum Gasteiger partial charge on any atom is 0.303 e. The van der Waals surface area contributed by atoms with Gasteiger partial charge in [0.1, 0.15) is 11.6 Å². The number of rotatable bonds is 3. The predicted octanol–water partition coefficient (Wildman–Crippen LogP) is 2.65. The average molecular weight is 253 g/mol. The van der Waals surface area contributed by atoms with Gasteiger partial charge in [0, 0.05) is 12.6 Å². The monoisotopic (exact) mass is 253 g/mol. The number of nitrogens with two attached hydrogens (primary N) is 1. The number of nitrogen functional groups attached to an aromatic ring is 1. The van der Waals surface area contributed by atoms with Crippen molar-refractivity contribution >= 4 is 11.8 Å². The molecule has 102 valence electrons. The molecule has 0 amide bonds. The SMILES string of the molecule is CC(C)(C)CCCC(=O)O.Cc1nccc(N)n1. The molecule has 0 fully saturated rings. The second-order valence-electron chi connectivity index (χ2n) is 5.34. The van der Waals surface area contributed by atoms with Crippen LogP contribution < -0.4 is 5.73 Å². The molecule has 0 unspecified atom stereocenters. The molecule has 0 aliphatic rings. The van der Waals surface area contributed by atoms with Gasteiger partial charge < -0.3 is 10.8 Å². The van der Waals surface area contributed by atoms with Crippen LogP contribution in [0.25, 0.3) is 0 Å². The van der Waals surface area contributed by atoms with E-state index in [4.69, 9.17) is 10.8 Å². The number of hydrogen-bond donors (Lipinski definition) is 2. The van der Waals surface area contributed by atoms with Crippen LogP contribution >= 0.6 is 0 Å². The first-order valence-electron chi connectivity index (χ1n) is 5.97. The van der Waals surface area contributed by atoms with Crippen molar-refractivity contribution in [2.24, 2.45) is 5.41 Å². The first-order valence-corrected chi connectivity index (χ1v) is 5.97. The summed E-state index contributed by atoms with van der Waals surface area (Å²) in [5.41, 5.74) is 5.58. The van der Waals surface area contributed by atoms with E-state index in [9.17, 15) is 4.79 Å². The summed E-state index contributed by atoms with van der Waals surface area (Å²) in [6.07, 6.45) is 3.72. The van der Waals surface area contributed by atoms with E-state index in [1.807, 2.05) is 0 Å². The van der Waals surface area contributed by atoms with E-state index >= 15 is 0 Å². The molecule has 0 aromatic carbocycles. The van der Waals surface area contributed by atoms with Gasteiger partial charge in [-0.3, -0.25) is 4.79 Å². The lowest BCUT2D eigenvalue weighted by atomic mass is 9.90. The predicted molar refractivity (Wildman–Crippen MR) is 72.1 cm³/mol. The third kappa shape index (κ3) is 10.9. The van der Waals surface area contributed by atoms with Crippen molar-refractivity contribution in [1.29, 1.82) is 0 Å². The van der Waals surface area contributed by atoms with Crippen molar-refractivity contribution in [3.63, 3.8) is 0 Å². The van der Waals surface area contributed by atoms with Gasteiger partial charge >= 0.3 is 5.97 Å². The van der Waals surface area contributed by atoms with Crippen molar-refractivity contribution in [1.82, 2.24) is 9.97 Å². The summed E-state index contributed by atoms with van der Waals surface area (Å²) in [6, 6.07) is 1.66. The normalized spacial score (nSPS) is 10.4. The van der Waals surface area contributed by atoms with Crippen LogP contribution in [0.5, 0.6) is 0 Å². The first-order chi connectivity index (χ1) is 8.20. The highest BCUT2D eigenvalue weighted by Crippen LogP contribution is 2.21. The zero-order valence-corrected chi connectivity index (χ0v) is 11.6. The minimum absolute atomic E-state index is 0.273. The summed E-state index contributed by atoms with van der Waals surface area (Å²) in [5.74, 6) is 0.548. The molecular formula is C13H23N3O2. The van der Waals surface area contributed by atoms with Crippen molar-refractivity contribution in [2.75, 3.05) is 5.73 Å². The topological polar surface area (TPSA) is 89.1 Å². The first kappa shape index (κ1) is 16.4. The second kappa shape index (κ2) is 7.63. The Morgan fingerprint density at radius 1 is 1.44 bits per heavy atom. The average Bonchev–Trinajstić information content (AvgIpc) is 2.15. The molecule has 0 saturated heterocycles. The Labute approximate surface area is 108 Å². The van der Waals surface area contributed by atoms with Gasteiger partial charge in [0.05, 0.1) is 0 Å². The van der Waals surface area contributed by atoms with Crippen LogP contribution in [0.3, 0.4) is 0 Å². The Balaban J connectivity index is 0.000000327. The van der Waals surface area contributed by atoms with Gasteiger partial charge in [0.25, 0.3) is 0 Å². The molecule has 5 heteroatoms. The molecule has 0 radical (unpaired) electrons. The van der Waals surface area contributed by atoms with Crippen LogP contribution in [0.4, 0.5) is 5.82 Å². The molecule has 3 N–H and O–H groups in total. The Morgan fingerprint density at radius 3 is 2.39 bits per heavy atom. The van der Waals surface area contributed by atoms with Crippen LogP contribution in [0.2, 0.25) is 0 Å². The van der Waals surface area contributed by atoms with Gasteiger partial charge in [0.2, 0.25) is 0 Å². The van der Waals surface area contributed by atoms with E-state index < -0.39 is 5.97 Å². The number of aryl methyl sites for hydroxylation is 1. The number of aliphatic carboxylic acids is 1. The molecule has 0 bridgehead atoms. The largest absolute Gasteiger partial charge is 0.481 e. The highest BCUT2D eigenvalue weighted by atomic mass is 16.4. The lowest BCUT2D eigenvalue weighted by Crippen LogP contribution is -2.05. The van der Waals surface area contributed by atoms with E-state index in [-0.39, 0.29) is 5.41 Å². The quantitative estimate of drug-likeness (QED) is 0.864. The highest BCUT2D eigenvalue weighted by Gasteiger charge is 2.09. The fourth-order valence-electron chi connectivity index (χ4n) is 1.24. The Morgan fingerprint density at radius 2 is 2.06 bits per heavy atom. The van der Waals surface area contributed by atoms with Crippen LogP contribution in [0, 0.1) is 12.3 Å². The zero-order chi connectivity index (χ0) is 14.2. The number of anilines is 1. The molecular weight excluding hydrogens is 230 g/mol. The molecule has 0 atom stereocenters. The standard InChI is InChI=1S/C8H16O2.C5H7N3/c1-8(2,3)6-4-5-7(9)10;1-4-7-3-2-5(6)8-4/h4-6H2,1-3H3,(H,9,10);2-3H,1H3,(H2,6,7,8). The summed E-state index contributed by atoms with van der Waals surface area (Å²) < 4.78 is 0.